The molecule has 1 aromatic rings. The molecule has 118 valence electrons. The summed E-state index contributed by atoms with van der Waals surface area (Å²) in [5.74, 6) is 1.42. The van der Waals surface area contributed by atoms with E-state index in [2.05, 4.69) is 19.2 Å². The predicted molar refractivity (Wildman–Crippen MR) is 87.9 cm³/mol. The topological polar surface area (TPSA) is 12.0 Å². The van der Waals surface area contributed by atoms with Gasteiger partial charge in [0.25, 0.3) is 0 Å². The van der Waals surface area contributed by atoms with Crippen molar-refractivity contribution < 1.29 is 4.39 Å². The van der Waals surface area contributed by atoms with Crippen molar-refractivity contribution in [2.24, 2.45) is 11.8 Å². The average Bonchev–Trinajstić information content (AvgIpc) is 2.49. The summed E-state index contributed by atoms with van der Waals surface area (Å²) in [6.07, 6.45) is 7.74. The SMILES string of the molecule is CCCC1CCC(C(NCC)c2cc(C)ccc2F)CC1. The molecule has 0 radical (unpaired) electrons. The third-order valence-corrected chi connectivity index (χ3v) is 4.97. The molecule has 1 N–H and O–H groups in total. The van der Waals surface area contributed by atoms with E-state index in [9.17, 15) is 4.39 Å². The van der Waals surface area contributed by atoms with Crippen LogP contribution in [0.1, 0.15) is 69.5 Å². The second kappa shape index (κ2) is 7.93. The molecule has 2 heteroatoms. The van der Waals surface area contributed by atoms with Crippen LogP contribution < -0.4 is 5.32 Å². The molecule has 1 saturated carbocycles. The normalized spacial score (nSPS) is 24.0. The lowest BCUT2D eigenvalue weighted by molar-refractivity contribution is 0.213. The molecule has 1 atom stereocenters. The first-order valence-corrected chi connectivity index (χ1v) is 8.65. The fourth-order valence-electron chi connectivity index (χ4n) is 3.87. The van der Waals surface area contributed by atoms with Crippen LogP contribution in [0.5, 0.6) is 0 Å². The number of nitrogens with one attached hydrogen (secondary N) is 1. The number of benzene rings is 1. The molecule has 1 fully saturated rings. The molecule has 1 aromatic carbocycles. The van der Waals surface area contributed by atoms with Gasteiger partial charge < -0.3 is 5.32 Å². The van der Waals surface area contributed by atoms with Gasteiger partial charge in [0.15, 0.2) is 0 Å². The second-order valence-electron chi connectivity index (χ2n) is 6.63. The lowest BCUT2D eigenvalue weighted by atomic mass is 9.75. The molecule has 0 aliphatic heterocycles. The Morgan fingerprint density at radius 1 is 1.19 bits per heavy atom. The zero-order valence-corrected chi connectivity index (χ0v) is 13.8. The molecule has 1 unspecified atom stereocenters. The molecule has 0 bridgehead atoms. The highest BCUT2D eigenvalue weighted by atomic mass is 19.1. The van der Waals surface area contributed by atoms with Crippen LogP contribution in [0.4, 0.5) is 4.39 Å². The van der Waals surface area contributed by atoms with Crippen LogP contribution >= 0.6 is 0 Å². The molecule has 1 aliphatic carbocycles. The van der Waals surface area contributed by atoms with Crippen molar-refractivity contribution in [3.05, 3.63) is 35.1 Å². The summed E-state index contributed by atoms with van der Waals surface area (Å²) < 4.78 is 14.3. The number of aryl methyl sites for hydroxylation is 1. The first kappa shape index (κ1) is 16.5. The molecule has 0 heterocycles. The van der Waals surface area contributed by atoms with Crippen LogP contribution in [0.25, 0.3) is 0 Å². The second-order valence-corrected chi connectivity index (χ2v) is 6.63. The largest absolute Gasteiger partial charge is 0.310 e. The minimum Gasteiger partial charge on any atom is -0.310 e. The summed E-state index contributed by atoms with van der Waals surface area (Å²) in [4.78, 5) is 0. The van der Waals surface area contributed by atoms with Gasteiger partial charge in [0.2, 0.25) is 0 Å². The molecular formula is C19H30FN. The zero-order chi connectivity index (χ0) is 15.2. The van der Waals surface area contributed by atoms with Crippen LogP contribution in [0, 0.1) is 24.6 Å². The Morgan fingerprint density at radius 2 is 1.90 bits per heavy atom. The third-order valence-electron chi connectivity index (χ3n) is 4.97. The van der Waals surface area contributed by atoms with Crippen molar-refractivity contribution in [3.8, 4) is 0 Å². The highest BCUT2D eigenvalue weighted by Crippen LogP contribution is 2.39. The first-order chi connectivity index (χ1) is 10.2. The fourth-order valence-corrected chi connectivity index (χ4v) is 3.87. The number of hydrogen-bond acceptors (Lipinski definition) is 1. The molecule has 0 saturated heterocycles. The van der Waals surface area contributed by atoms with Gasteiger partial charge in [-0.1, -0.05) is 57.2 Å². The van der Waals surface area contributed by atoms with E-state index in [1.54, 1.807) is 6.07 Å². The monoisotopic (exact) mass is 291 g/mol. The molecule has 0 spiro atoms. The van der Waals surface area contributed by atoms with E-state index < -0.39 is 0 Å². The smallest absolute Gasteiger partial charge is 0.128 e. The quantitative estimate of drug-likeness (QED) is 0.741. The third kappa shape index (κ3) is 4.29. The van der Waals surface area contributed by atoms with Gasteiger partial charge in [-0.15, -0.1) is 0 Å². The summed E-state index contributed by atoms with van der Waals surface area (Å²) in [6.45, 7) is 7.33. The van der Waals surface area contributed by atoms with Crippen molar-refractivity contribution in [1.29, 1.82) is 0 Å². The van der Waals surface area contributed by atoms with Crippen molar-refractivity contribution in [3.63, 3.8) is 0 Å². The summed E-state index contributed by atoms with van der Waals surface area (Å²) in [7, 11) is 0. The average molecular weight is 291 g/mol. The van der Waals surface area contributed by atoms with E-state index in [4.69, 9.17) is 0 Å². The minimum atomic E-state index is -0.0535. The van der Waals surface area contributed by atoms with Gasteiger partial charge >= 0.3 is 0 Å². The maximum Gasteiger partial charge on any atom is 0.128 e. The van der Waals surface area contributed by atoms with Crippen molar-refractivity contribution >= 4 is 0 Å². The van der Waals surface area contributed by atoms with Gasteiger partial charge in [0.05, 0.1) is 0 Å². The first-order valence-electron chi connectivity index (χ1n) is 8.65. The molecule has 0 aromatic heterocycles. The van der Waals surface area contributed by atoms with E-state index in [-0.39, 0.29) is 11.9 Å². The maximum atomic E-state index is 14.3. The van der Waals surface area contributed by atoms with Gasteiger partial charge in [-0.3, -0.25) is 0 Å². The van der Waals surface area contributed by atoms with E-state index in [0.29, 0.717) is 5.92 Å². The fraction of sp³-hybridized carbons (Fsp3) is 0.684. The highest BCUT2D eigenvalue weighted by molar-refractivity contribution is 5.27. The van der Waals surface area contributed by atoms with Crippen LogP contribution in [-0.2, 0) is 0 Å². The number of rotatable bonds is 6. The van der Waals surface area contributed by atoms with Gasteiger partial charge in [-0.25, -0.2) is 4.39 Å². The molecular weight excluding hydrogens is 261 g/mol. The Kier molecular flexibility index (Phi) is 6.22. The summed E-state index contributed by atoms with van der Waals surface area (Å²) in [6, 6.07) is 5.69. The van der Waals surface area contributed by atoms with E-state index >= 15 is 0 Å². The van der Waals surface area contributed by atoms with Crippen LogP contribution in [0.3, 0.4) is 0 Å². The van der Waals surface area contributed by atoms with Crippen LogP contribution in [-0.4, -0.2) is 6.54 Å². The summed E-state index contributed by atoms with van der Waals surface area (Å²) >= 11 is 0. The summed E-state index contributed by atoms with van der Waals surface area (Å²) in [5.41, 5.74) is 2.02. The van der Waals surface area contributed by atoms with E-state index in [1.807, 2.05) is 19.1 Å². The molecule has 1 nitrogen and oxygen atoms in total. The summed E-state index contributed by atoms with van der Waals surface area (Å²) in [5, 5.41) is 3.54. The van der Waals surface area contributed by atoms with Crippen LogP contribution in [0.15, 0.2) is 18.2 Å². The lowest BCUT2D eigenvalue weighted by Crippen LogP contribution is -2.31. The minimum absolute atomic E-state index is 0.0535. The highest BCUT2D eigenvalue weighted by Gasteiger charge is 2.29. The molecule has 2 rings (SSSR count). The van der Waals surface area contributed by atoms with Gasteiger partial charge in [-0.05, 0) is 44.2 Å². The van der Waals surface area contributed by atoms with Crippen molar-refractivity contribution in [2.75, 3.05) is 6.54 Å². The number of hydrogen-bond donors (Lipinski definition) is 1. The Morgan fingerprint density at radius 3 is 2.52 bits per heavy atom. The Bertz CT molecular complexity index is 435. The molecule has 0 amide bonds. The van der Waals surface area contributed by atoms with Gasteiger partial charge in [0.1, 0.15) is 5.82 Å². The maximum absolute atomic E-state index is 14.3. The van der Waals surface area contributed by atoms with E-state index in [0.717, 1.165) is 23.6 Å². The van der Waals surface area contributed by atoms with Crippen molar-refractivity contribution in [1.82, 2.24) is 5.32 Å². The Balaban J connectivity index is 2.11. The van der Waals surface area contributed by atoms with E-state index in [1.165, 1.54) is 38.5 Å². The zero-order valence-electron chi connectivity index (χ0n) is 13.8. The Hall–Kier alpha value is -0.890. The molecule has 21 heavy (non-hydrogen) atoms. The predicted octanol–water partition coefficient (Wildman–Crippen LogP) is 5.39. The van der Waals surface area contributed by atoms with Crippen LogP contribution in [0.2, 0.25) is 0 Å². The Labute approximate surface area is 129 Å². The number of halogens is 1. The van der Waals surface area contributed by atoms with Gasteiger partial charge in [-0.2, -0.15) is 0 Å². The lowest BCUT2D eigenvalue weighted by Gasteiger charge is -2.35. The molecule has 1 aliphatic rings. The standard InChI is InChI=1S/C19H30FN/c1-4-6-15-8-10-16(11-9-15)19(21-5-2)17-13-14(3)7-12-18(17)20/h7,12-13,15-16,19,21H,4-6,8-11H2,1-3H3. The van der Waals surface area contributed by atoms with Gasteiger partial charge in [0, 0.05) is 11.6 Å². The van der Waals surface area contributed by atoms with Crippen molar-refractivity contribution in [2.45, 2.75) is 65.3 Å².